The van der Waals surface area contributed by atoms with Gasteiger partial charge in [0.05, 0.1) is 5.69 Å². The molecule has 126 valence electrons. The number of aromatic nitrogens is 2. The fourth-order valence-electron chi connectivity index (χ4n) is 2.62. The molecule has 0 aliphatic heterocycles. The third kappa shape index (κ3) is 4.67. The Bertz CT molecular complexity index is 848. The Morgan fingerprint density at radius 3 is 2.52 bits per heavy atom. The maximum Gasteiger partial charge on any atom is 0.244 e. The van der Waals surface area contributed by atoms with Gasteiger partial charge < -0.3 is 5.32 Å². The van der Waals surface area contributed by atoms with E-state index in [1.54, 1.807) is 12.3 Å². The van der Waals surface area contributed by atoms with Crippen molar-refractivity contribution in [3.63, 3.8) is 0 Å². The van der Waals surface area contributed by atoms with Crippen molar-refractivity contribution in [3.05, 3.63) is 84.1 Å². The number of nitrogens with one attached hydrogen (secondary N) is 1. The summed E-state index contributed by atoms with van der Waals surface area (Å²) in [5, 5.41) is 7.10. The van der Waals surface area contributed by atoms with Gasteiger partial charge in [-0.2, -0.15) is 5.10 Å². The molecule has 3 aromatic rings. The minimum absolute atomic E-state index is 0.0737. The quantitative estimate of drug-likeness (QED) is 0.703. The molecule has 0 aliphatic rings. The van der Waals surface area contributed by atoms with Crippen LogP contribution in [0.4, 0.5) is 0 Å². The summed E-state index contributed by atoms with van der Waals surface area (Å²) in [6.45, 7) is 0.614. The molecule has 0 spiro atoms. The van der Waals surface area contributed by atoms with Gasteiger partial charge in [0, 0.05) is 25.9 Å². The summed E-state index contributed by atoms with van der Waals surface area (Å²) in [6.07, 6.45) is 5.98. The molecule has 4 heteroatoms. The molecule has 0 radical (unpaired) electrons. The predicted octanol–water partition coefficient (Wildman–Crippen LogP) is 3.46. The number of benzene rings is 2. The van der Waals surface area contributed by atoms with E-state index >= 15 is 0 Å². The number of aryl methyl sites for hydroxylation is 1. The molecule has 0 unspecified atom stereocenters. The summed E-state index contributed by atoms with van der Waals surface area (Å²) in [6, 6.07) is 20.1. The molecule has 1 N–H and O–H groups in total. The fraction of sp³-hybridized carbons (Fsp3) is 0.143. The molecule has 1 heterocycles. The second kappa shape index (κ2) is 8.11. The number of nitrogens with zero attached hydrogens (tertiary/aromatic N) is 2. The molecule has 2 aromatic carbocycles. The van der Waals surface area contributed by atoms with E-state index in [1.807, 2.05) is 54.2 Å². The lowest BCUT2D eigenvalue weighted by Gasteiger charge is -2.05. The predicted molar refractivity (Wildman–Crippen MR) is 101 cm³/mol. The summed E-state index contributed by atoms with van der Waals surface area (Å²) in [4.78, 5) is 11.8. The first-order valence-corrected chi connectivity index (χ1v) is 8.30. The second-order valence-corrected chi connectivity index (χ2v) is 5.82. The lowest BCUT2D eigenvalue weighted by molar-refractivity contribution is -0.116. The van der Waals surface area contributed by atoms with Crippen LogP contribution in [0.15, 0.2) is 72.9 Å². The maximum atomic E-state index is 11.8. The molecular formula is C21H21N3O. The number of carbonyl (C=O) groups is 1. The number of rotatable bonds is 6. The topological polar surface area (TPSA) is 46.9 Å². The highest BCUT2D eigenvalue weighted by Crippen LogP contribution is 2.18. The summed E-state index contributed by atoms with van der Waals surface area (Å²) in [7, 11) is 1.93. The molecule has 1 aromatic heterocycles. The average Bonchev–Trinajstić information content (AvgIpc) is 3.07. The van der Waals surface area contributed by atoms with E-state index in [-0.39, 0.29) is 5.91 Å². The van der Waals surface area contributed by atoms with Gasteiger partial charge in [0.15, 0.2) is 0 Å². The van der Waals surface area contributed by atoms with Crippen LogP contribution in [0.5, 0.6) is 0 Å². The van der Waals surface area contributed by atoms with Crippen LogP contribution in [-0.2, 0) is 18.3 Å². The number of hydrogen-bond donors (Lipinski definition) is 1. The standard InChI is InChI=1S/C21H21N3O/c1-24-20(14-16-23-24)19-10-7-18(8-11-19)13-15-22-21(25)12-9-17-5-3-2-4-6-17/h2-12,14,16H,13,15H2,1H3,(H,22,25)/b12-9+. The zero-order valence-electron chi connectivity index (χ0n) is 14.2. The number of amides is 1. The summed E-state index contributed by atoms with van der Waals surface area (Å²) < 4.78 is 1.86. The highest BCUT2D eigenvalue weighted by Gasteiger charge is 2.02. The van der Waals surface area contributed by atoms with Gasteiger partial charge >= 0.3 is 0 Å². The largest absolute Gasteiger partial charge is 0.352 e. The smallest absolute Gasteiger partial charge is 0.244 e. The van der Waals surface area contributed by atoms with Crippen molar-refractivity contribution in [1.82, 2.24) is 15.1 Å². The van der Waals surface area contributed by atoms with Crippen molar-refractivity contribution >= 4 is 12.0 Å². The van der Waals surface area contributed by atoms with Gasteiger partial charge in [-0.25, -0.2) is 0 Å². The SMILES string of the molecule is Cn1nccc1-c1ccc(CCNC(=O)/C=C/c2ccccc2)cc1. The number of hydrogen-bond acceptors (Lipinski definition) is 2. The van der Waals surface area contributed by atoms with Gasteiger partial charge in [-0.05, 0) is 35.3 Å². The van der Waals surface area contributed by atoms with Crippen LogP contribution in [0, 0.1) is 0 Å². The molecule has 0 atom stereocenters. The van der Waals surface area contributed by atoms with Crippen LogP contribution in [-0.4, -0.2) is 22.2 Å². The fourth-order valence-corrected chi connectivity index (χ4v) is 2.62. The molecule has 0 saturated carbocycles. The van der Waals surface area contributed by atoms with Gasteiger partial charge in [0.1, 0.15) is 0 Å². The van der Waals surface area contributed by atoms with Crippen molar-refractivity contribution < 1.29 is 4.79 Å². The third-order valence-electron chi connectivity index (χ3n) is 4.01. The van der Waals surface area contributed by atoms with E-state index in [0.29, 0.717) is 6.54 Å². The van der Waals surface area contributed by atoms with Crippen LogP contribution in [0.1, 0.15) is 11.1 Å². The van der Waals surface area contributed by atoms with Gasteiger partial charge in [0.25, 0.3) is 0 Å². The minimum atomic E-state index is -0.0737. The van der Waals surface area contributed by atoms with Crippen LogP contribution in [0.3, 0.4) is 0 Å². The molecule has 0 fully saturated rings. The van der Waals surface area contributed by atoms with Crippen molar-refractivity contribution in [2.24, 2.45) is 7.05 Å². The lowest BCUT2D eigenvalue weighted by Crippen LogP contribution is -2.23. The molecule has 25 heavy (non-hydrogen) atoms. The van der Waals surface area contributed by atoms with Gasteiger partial charge in [-0.3, -0.25) is 9.48 Å². The van der Waals surface area contributed by atoms with Gasteiger partial charge in [-0.15, -0.1) is 0 Å². The van der Waals surface area contributed by atoms with Gasteiger partial charge in [0.2, 0.25) is 5.91 Å². The lowest BCUT2D eigenvalue weighted by atomic mass is 10.1. The zero-order chi connectivity index (χ0) is 17.5. The van der Waals surface area contributed by atoms with Crippen LogP contribution in [0.2, 0.25) is 0 Å². The molecular weight excluding hydrogens is 310 g/mol. The van der Waals surface area contributed by atoms with Crippen molar-refractivity contribution in [2.45, 2.75) is 6.42 Å². The normalized spacial score (nSPS) is 10.9. The van der Waals surface area contributed by atoms with Crippen molar-refractivity contribution in [2.75, 3.05) is 6.54 Å². The molecule has 0 saturated heterocycles. The first kappa shape index (κ1) is 16.7. The van der Waals surface area contributed by atoms with Crippen molar-refractivity contribution in [1.29, 1.82) is 0 Å². The molecule has 0 bridgehead atoms. The van der Waals surface area contributed by atoms with E-state index < -0.39 is 0 Å². The van der Waals surface area contributed by atoms with Crippen molar-refractivity contribution in [3.8, 4) is 11.3 Å². The minimum Gasteiger partial charge on any atom is -0.352 e. The molecule has 1 amide bonds. The molecule has 4 nitrogen and oxygen atoms in total. The first-order chi connectivity index (χ1) is 12.2. The van der Waals surface area contributed by atoms with Crippen LogP contribution >= 0.6 is 0 Å². The van der Waals surface area contributed by atoms with Crippen LogP contribution in [0.25, 0.3) is 17.3 Å². The molecule has 3 rings (SSSR count). The Morgan fingerprint density at radius 2 is 1.84 bits per heavy atom. The zero-order valence-corrected chi connectivity index (χ0v) is 14.2. The Labute approximate surface area is 147 Å². The Balaban J connectivity index is 1.48. The molecule has 0 aliphatic carbocycles. The Kier molecular flexibility index (Phi) is 5.42. The van der Waals surface area contributed by atoms with E-state index in [9.17, 15) is 4.79 Å². The maximum absolute atomic E-state index is 11.8. The summed E-state index contributed by atoms with van der Waals surface area (Å²) in [5.74, 6) is -0.0737. The van der Waals surface area contributed by atoms with Gasteiger partial charge in [-0.1, -0.05) is 54.6 Å². The van der Waals surface area contributed by atoms with E-state index in [1.165, 1.54) is 5.56 Å². The van der Waals surface area contributed by atoms with E-state index in [4.69, 9.17) is 0 Å². The first-order valence-electron chi connectivity index (χ1n) is 8.30. The van der Waals surface area contributed by atoms with Crippen LogP contribution < -0.4 is 5.32 Å². The summed E-state index contributed by atoms with van der Waals surface area (Å²) in [5.41, 5.74) is 4.44. The second-order valence-electron chi connectivity index (χ2n) is 5.82. The average molecular weight is 331 g/mol. The highest BCUT2D eigenvalue weighted by molar-refractivity contribution is 5.91. The third-order valence-corrected chi connectivity index (χ3v) is 4.01. The monoisotopic (exact) mass is 331 g/mol. The van der Waals surface area contributed by atoms with E-state index in [0.717, 1.165) is 23.2 Å². The Hall–Kier alpha value is -3.14. The summed E-state index contributed by atoms with van der Waals surface area (Å²) >= 11 is 0. The highest BCUT2D eigenvalue weighted by atomic mass is 16.1. The number of carbonyl (C=O) groups excluding carboxylic acids is 1. The Morgan fingerprint density at radius 1 is 1.08 bits per heavy atom. The van der Waals surface area contributed by atoms with E-state index in [2.05, 4.69) is 34.7 Å².